The lowest BCUT2D eigenvalue weighted by atomic mass is 9.70. The molecule has 1 fully saturated rings. The number of nitrogens with one attached hydrogen (secondary N) is 2. The molecule has 88 valence electrons. The number of carbonyl (C=O) groups is 3. The molecule has 1 atom stereocenters. The Morgan fingerprint density at radius 3 is 2.56 bits per heavy atom. The Morgan fingerprint density at radius 2 is 2.12 bits per heavy atom. The number of carbonyl (C=O) groups excluding carboxylic acids is 3. The van der Waals surface area contributed by atoms with Gasteiger partial charge in [0, 0.05) is 2.74 Å². The van der Waals surface area contributed by atoms with E-state index in [1.165, 1.54) is 6.92 Å². The average Bonchev–Trinajstić information content (AvgIpc) is 2.36. The van der Waals surface area contributed by atoms with Gasteiger partial charge in [0.15, 0.2) is 0 Å². The number of imide groups is 2. The van der Waals surface area contributed by atoms with Crippen LogP contribution in [0.5, 0.6) is 0 Å². The molecule has 0 spiro atoms. The van der Waals surface area contributed by atoms with Gasteiger partial charge in [-0.05, 0) is 12.3 Å². The van der Waals surface area contributed by atoms with E-state index in [0.717, 1.165) is 0 Å². The summed E-state index contributed by atoms with van der Waals surface area (Å²) in [6.45, 7) is 1.92. The van der Waals surface area contributed by atoms with Gasteiger partial charge >= 0.3 is 6.03 Å². The van der Waals surface area contributed by atoms with Crippen LogP contribution >= 0.6 is 0 Å². The second kappa shape index (κ2) is 4.47. The highest BCUT2D eigenvalue weighted by molar-refractivity contribution is 6.19. The number of hydrogen-bond donors (Lipinski definition) is 2. The third kappa shape index (κ3) is 1.73. The van der Waals surface area contributed by atoms with Crippen molar-refractivity contribution in [2.45, 2.75) is 26.6 Å². The maximum Gasteiger partial charge on any atom is 0.328 e. The van der Waals surface area contributed by atoms with Gasteiger partial charge in [-0.2, -0.15) is 0 Å². The lowest BCUT2D eigenvalue weighted by molar-refractivity contribution is -0.148. The van der Waals surface area contributed by atoms with Crippen LogP contribution in [0.1, 0.15) is 33.5 Å². The Bertz CT molecular complexity index is 508. The molecular formula is C11H16N2O3. The normalized spacial score (nSPS) is 26.1. The Hall–Kier alpha value is -1.65. The zero-order chi connectivity index (χ0) is 16.6. The molecule has 2 N–H and O–H groups in total. The molecule has 5 nitrogen and oxygen atoms in total. The molecule has 4 amide bonds. The van der Waals surface area contributed by atoms with Crippen molar-refractivity contribution in [2.75, 3.05) is 0 Å². The van der Waals surface area contributed by atoms with Crippen molar-refractivity contribution in [3.8, 4) is 0 Å². The minimum absolute atomic E-state index is 0.215. The lowest BCUT2D eigenvalue weighted by Crippen LogP contribution is -2.64. The third-order valence-electron chi connectivity index (χ3n) is 2.78. The molecule has 1 saturated heterocycles. The van der Waals surface area contributed by atoms with Gasteiger partial charge in [-0.25, -0.2) is 4.79 Å². The van der Waals surface area contributed by atoms with Crippen LogP contribution in [0.3, 0.4) is 0 Å². The van der Waals surface area contributed by atoms with Crippen LogP contribution in [0.25, 0.3) is 0 Å². The van der Waals surface area contributed by atoms with Crippen molar-refractivity contribution in [1.82, 2.24) is 10.6 Å². The van der Waals surface area contributed by atoms with E-state index in [4.69, 9.17) is 6.85 Å². The molecule has 0 aromatic heterocycles. The Morgan fingerprint density at radius 1 is 1.56 bits per heavy atom. The van der Waals surface area contributed by atoms with Crippen molar-refractivity contribution < 1.29 is 21.2 Å². The van der Waals surface area contributed by atoms with Gasteiger partial charge in [0.2, 0.25) is 11.8 Å². The second-order valence-corrected chi connectivity index (χ2v) is 3.60. The van der Waals surface area contributed by atoms with Crippen molar-refractivity contribution in [2.24, 2.45) is 11.3 Å². The highest BCUT2D eigenvalue weighted by atomic mass is 16.2. The summed E-state index contributed by atoms with van der Waals surface area (Å²) < 4.78 is 37.8. The standard InChI is InChI=1S/C11H16N2O3/c1-4-6-11(7(3)5-2)8(14)12-10(16)13-9(11)15/h4,7H,1,5-6H2,2-3H3,(H2,12,13,14,15,16)/i1D2,4D,6D2. The van der Waals surface area contributed by atoms with E-state index in [2.05, 4.69) is 0 Å². The summed E-state index contributed by atoms with van der Waals surface area (Å²) in [5.74, 6) is -3.19. The van der Waals surface area contributed by atoms with E-state index in [1.54, 1.807) is 6.92 Å². The predicted molar refractivity (Wildman–Crippen MR) is 58.4 cm³/mol. The van der Waals surface area contributed by atoms with E-state index in [-0.39, 0.29) is 6.42 Å². The fourth-order valence-electron chi connectivity index (χ4n) is 1.63. The largest absolute Gasteiger partial charge is 0.328 e. The lowest BCUT2D eigenvalue weighted by Gasteiger charge is -2.37. The summed E-state index contributed by atoms with van der Waals surface area (Å²) in [6.07, 6.45) is -2.69. The first-order valence-electron chi connectivity index (χ1n) is 7.34. The van der Waals surface area contributed by atoms with E-state index < -0.39 is 48.1 Å². The topological polar surface area (TPSA) is 75.3 Å². The number of amides is 4. The van der Waals surface area contributed by atoms with E-state index in [9.17, 15) is 14.4 Å². The van der Waals surface area contributed by atoms with Crippen LogP contribution in [0.15, 0.2) is 12.6 Å². The minimum Gasteiger partial charge on any atom is -0.277 e. The first-order chi connectivity index (χ1) is 9.53. The molecule has 16 heavy (non-hydrogen) atoms. The smallest absolute Gasteiger partial charge is 0.277 e. The molecule has 0 aliphatic carbocycles. The number of urea groups is 1. The number of allylic oxidation sites excluding steroid dienone is 1. The summed E-state index contributed by atoms with van der Waals surface area (Å²) in [6, 6.07) is -2.16. The van der Waals surface area contributed by atoms with E-state index in [0.29, 0.717) is 0 Å². The van der Waals surface area contributed by atoms with Gasteiger partial charge < -0.3 is 0 Å². The van der Waals surface area contributed by atoms with Crippen molar-refractivity contribution in [3.63, 3.8) is 0 Å². The summed E-state index contributed by atoms with van der Waals surface area (Å²) in [4.78, 5) is 35.7. The van der Waals surface area contributed by atoms with Gasteiger partial charge in [0.25, 0.3) is 0 Å². The Labute approximate surface area is 101 Å². The van der Waals surface area contributed by atoms with Gasteiger partial charge in [-0.3, -0.25) is 20.2 Å². The molecule has 5 heteroatoms. The molecule has 1 unspecified atom stereocenters. The molecular weight excluding hydrogens is 208 g/mol. The fraction of sp³-hybridized carbons (Fsp3) is 0.545. The summed E-state index contributed by atoms with van der Waals surface area (Å²) in [7, 11) is 0. The van der Waals surface area contributed by atoms with Gasteiger partial charge in [0.05, 0.1) is 4.11 Å². The maximum atomic E-state index is 12.2. The molecule has 1 aliphatic heterocycles. The third-order valence-corrected chi connectivity index (χ3v) is 2.78. The van der Waals surface area contributed by atoms with Gasteiger partial charge in [0.1, 0.15) is 5.41 Å². The highest BCUT2D eigenvalue weighted by Crippen LogP contribution is 2.36. The van der Waals surface area contributed by atoms with Crippen molar-refractivity contribution in [3.05, 3.63) is 12.6 Å². The SMILES string of the molecule is [2H]C([2H])=C([2H])C([2H])([2H])C1(C(C)CC)C(=O)NC(=O)NC1=O. The van der Waals surface area contributed by atoms with Crippen LogP contribution in [0.2, 0.25) is 0 Å². The highest BCUT2D eigenvalue weighted by Gasteiger charge is 2.52. The predicted octanol–water partition coefficient (Wildman–Crippen LogP) is 0.961. The average molecular weight is 229 g/mol. The molecule has 1 rings (SSSR count). The van der Waals surface area contributed by atoms with Gasteiger partial charge in [-0.15, -0.1) is 6.53 Å². The molecule has 1 aliphatic rings. The zero-order valence-corrected chi connectivity index (χ0v) is 9.01. The molecule has 0 aromatic rings. The number of barbiturate groups is 1. The van der Waals surface area contributed by atoms with Crippen LogP contribution in [0.4, 0.5) is 4.79 Å². The van der Waals surface area contributed by atoms with Crippen LogP contribution in [0, 0.1) is 11.3 Å². The monoisotopic (exact) mass is 229 g/mol. The second-order valence-electron chi connectivity index (χ2n) is 3.60. The Balaban J connectivity index is 3.63. The van der Waals surface area contributed by atoms with Crippen molar-refractivity contribution >= 4 is 17.8 Å². The number of hydrogen-bond acceptors (Lipinski definition) is 3. The first kappa shape index (κ1) is 6.83. The first-order valence-corrected chi connectivity index (χ1v) is 4.84. The van der Waals surface area contributed by atoms with Crippen LogP contribution in [-0.2, 0) is 9.59 Å². The van der Waals surface area contributed by atoms with E-state index in [1.807, 2.05) is 10.6 Å². The quantitative estimate of drug-likeness (QED) is 0.557. The van der Waals surface area contributed by atoms with E-state index >= 15 is 0 Å². The summed E-state index contributed by atoms with van der Waals surface area (Å²) >= 11 is 0. The molecule has 1 heterocycles. The van der Waals surface area contributed by atoms with Crippen LogP contribution < -0.4 is 10.6 Å². The zero-order valence-electron chi connectivity index (χ0n) is 14.0. The molecule has 0 radical (unpaired) electrons. The summed E-state index contributed by atoms with van der Waals surface area (Å²) in [5, 5.41) is 3.68. The molecule has 0 saturated carbocycles. The van der Waals surface area contributed by atoms with Gasteiger partial charge in [-0.1, -0.05) is 26.3 Å². The van der Waals surface area contributed by atoms with Crippen molar-refractivity contribution in [1.29, 1.82) is 0 Å². The number of rotatable bonds is 4. The fourth-order valence-corrected chi connectivity index (χ4v) is 1.63. The maximum absolute atomic E-state index is 12.2. The molecule has 0 aromatic carbocycles. The molecule has 0 bridgehead atoms. The summed E-state index contributed by atoms with van der Waals surface area (Å²) in [5.41, 5.74) is -2.39. The Kier molecular flexibility index (Phi) is 1.91. The minimum atomic E-state index is -2.91. The van der Waals surface area contributed by atoms with Crippen LogP contribution in [-0.4, -0.2) is 17.8 Å².